The summed E-state index contributed by atoms with van der Waals surface area (Å²) in [5.41, 5.74) is 0. The van der Waals surface area contributed by atoms with E-state index in [9.17, 15) is 4.79 Å². The summed E-state index contributed by atoms with van der Waals surface area (Å²) in [6, 6.07) is 0.391. The molecular weight excluding hydrogens is 126 g/mol. The summed E-state index contributed by atoms with van der Waals surface area (Å²) in [5.74, 6) is 0. The molecule has 0 aliphatic heterocycles. The Bertz CT molecular complexity index is 93.3. The van der Waals surface area contributed by atoms with Gasteiger partial charge in [-0.1, -0.05) is 20.3 Å². The molecule has 0 saturated heterocycles. The van der Waals surface area contributed by atoms with Crippen LogP contribution in [0.1, 0.15) is 33.1 Å². The fraction of sp³-hybridized carbons (Fsp3) is 0.875. The normalized spacial score (nSPS) is 12.7. The summed E-state index contributed by atoms with van der Waals surface area (Å²) in [6.07, 6.45) is 5.13. The molecule has 2 nitrogen and oxygen atoms in total. The topological polar surface area (TPSA) is 20.3 Å². The van der Waals surface area contributed by atoms with Crippen LogP contribution in [-0.2, 0) is 4.79 Å². The molecule has 0 aliphatic carbocycles. The minimum absolute atomic E-state index is 0.391. The molecule has 0 rings (SSSR count). The maximum Gasteiger partial charge on any atom is 0.312 e. The first-order valence-corrected chi connectivity index (χ1v) is 3.86. The van der Waals surface area contributed by atoms with Crippen molar-refractivity contribution in [3.05, 3.63) is 0 Å². The van der Waals surface area contributed by atoms with Crippen LogP contribution in [-0.4, -0.2) is 24.4 Å². The maximum absolute atomic E-state index is 10.2. The number of amides is 1. The monoisotopic (exact) mass is 142 g/mol. The van der Waals surface area contributed by atoms with E-state index in [2.05, 4.69) is 13.8 Å². The van der Waals surface area contributed by atoms with E-state index in [1.807, 2.05) is 6.41 Å². The molecule has 0 aromatic carbocycles. The number of nitrogens with zero attached hydrogens (tertiary/aromatic N) is 1. The largest absolute Gasteiger partial charge is 0.335 e. The maximum atomic E-state index is 10.2. The number of hydrogen-bond donors (Lipinski definition) is 0. The second-order valence-corrected chi connectivity index (χ2v) is 2.55. The van der Waals surface area contributed by atoms with Gasteiger partial charge in [0.2, 0.25) is 0 Å². The predicted molar refractivity (Wildman–Crippen MR) is 42.4 cm³/mol. The van der Waals surface area contributed by atoms with Gasteiger partial charge in [-0.3, -0.25) is 4.79 Å². The second-order valence-electron chi connectivity index (χ2n) is 2.55. The van der Waals surface area contributed by atoms with Crippen molar-refractivity contribution < 1.29 is 4.79 Å². The highest BCUT2D eigenvalue weighted by Crippen LogP contribution is 2.06. The summed E-state index contributed by atoms with van der Waals surface area (Å²) < 4.78 is 0. The molecule has 1 amide bonds. The molecule has 1 unspecified atom stereocenters. The second kappa shape index (κ2) is 5.27. The van der Waals surface area contributed by atoms with Crippen molar-refractivity contribution in [2.24, 2.45) is 0 Å². The van der Waals surface area contributed by atoms with E-state index >= 15 is 0 Å². The first kappa shape index (κ1) is 9.47. The smallest absolute Gasteiger partial charge is 0.312 e. The lowest BCUT2D eigenvalue weighted by atomic mass is 10.1. The van der Waals surface area contributed by atoms with E-state index in [1.165, 1.54) is 0 Å². The Hall–Kier alpha value is -0.530. The molecule has 0 aliphatic rings. The van der Waals surface area contributed by atoms with Gasteiger partial charge in [0, 0.05) is 13.1 Å². The lowest BCUT2D eigenvalue weighted by molar-refractivity contribution is 0.314. The van der Waals surface area contributed by atoms with E-state index in [0.717, 1.165) is 19.3 Å². The Morgan fingerprint density at radius 1 is 1.50 bits per heavy atom. The van der Waals surface area contributed by atoms with E-state index in [1.54, 1.807) is 11.9 Å². The Balaban J connectivity index is 3.67. The van der Waals surface area contributed by atoms with Crippen molar-refractivity contribution in [2.45, 2.75) is 39.2 Å². The molecule has 1 radical (unpaired) electrons. The Morgan fingerprint density at radius 3 is 2.40 bits per heavy atom. The zero-order valence-electron chi connectivity index (χ0n) is 7.05. The summed E-state index contributed by atoms with van der Waals surface area (Å²) in [4.78, 5) is 11.8. The van der Waals surface area contributed by atoms with E-state index in [-0.39, 0.29) is 0 Å². The zero-order valence-corrected chi connectivity index (χ0v) is 7.05. The van der Waals surface area contributed by atoms with Gasteiger partial charge in [-0.05, 0) is 12.8 Å². The molecule has 0 heterocycles. The van der Waals surface area contributed by atoms with Crippen molar-refractivity contribution in [1.29, 1.82) is 0 Å². The molecule has 1 atom stereocenters. The highest BCUT2D eigenvalue weighted by Gasteiger charge is 2.08. The van der Waals surface area contributed by atoms with Gasteiger partial charge in [0.1, 0.15) is 0 Å². The van der Waals surface area contributed by atoms with Crippen LogP contribution < -0.4 is 0 Å². The molecule has 0 bridgehead atoms. The lowest BCUT2D eigenvalue weighted by Gasteiger charge is -2.21. The molecule has 0 N–H and O–H groups in total. The van der Waals surface area contributed by atoms with Crippen LogP contribution in [0.3, 0.4) is 0 Å². The van der Waals surface area contributed by atoms with Crippen LogP contribution in [0.2, 0.25) is 0 Å². The number of carbonyl (C=O) groups excluding carboxylic acids is 1. The molecule has 0 aromatic rings. The van der Waals surface area contributed by atoms with Gasteiger partial charge in [-0.25, -0.2) is 0 Å². The zero-order chi connectivity index (χ0) is 7.98. The Kier molecular flexibility index (Phi) is 4.99. The molecule has 0 aromatic heterocycles. The average molecular weight is 142 g/mol. The summed E-state index contributed by atoms with van der Waals surface area (Å²) in [7, 11) is 1.79. The van der Waals surface area contributed by atoms with Crippen LogP contribution in [0.15, 0.2) is 0 Å². The molecule has 10 heavy (non-hydrogen) atoms. The van der Waals surface area contributed by atoms with Gasteiger partial charge in [-0.15, -0.1) is 0 Å². The van der Waals surface area contributed by atoms with Crippen LogP contribution in [0.25, 0.3) is 0 Å². The summed E-state index contributed by atoms with van der Waals surface area (Å²) in [5, 5.41) is 0. The lowest BCUT2D eigenvalue weighted by Crippen LogP contribution is -2.29. The van der Waals surface area contributed by atoms with Gasteiger partial charge in [0.05, 0.1) is 0 Å². The SMILES string of the molecule is CCCC(CC)N(C)[C]=O. The first-order valence-electron chi connectivity index (χ1n) is 3.86. The predicted octanol–water partition coefficient (Wildman–Crippen LogP) is 1.56. The third kappa shape index (κ3) is 2.85. The minimum atomic E-state index is 0.391. The first-order chi connectivity index (χ1) is 4.76. The van der Waals surface area contributed by atoms with E-state index < -0.39 is 0 Å². The van der Waals surface area contributed by atoms with E-state index in [0.29, 0.717) is 6.04 Å². The van der Waals surface area contributed by atoms with Crippen molar-refractivity contribution in [1.82, 2.24) is 4.90 Å². The summed E-state index contributed by atoms with van der Waals surface area (Å²) in [6.45, 7) is 4.22. The van der Waals surface area contributed by atoms with Gasteiger partial charge in [0.25, 0.3) is 0 Å². The van der Waals surface area contributed by atoms with Gasteiger partial charge >= 0.3 is 6.41 Å². The van der Waals surface area contributed by atoms with Crippen molar-refractivity contribution in [2.75, 3.05) is 7.05 Å². The molecule has 0 saturated carbocycles. The third-order valence-corrected chi connectivity index (χ3v) is 1.78. The highest BCUT2D eigenvalue weighted by atomic mass is 16.1. The third-order valence-electron chi connectivity index (χ3n) is 1.78. The number of hydrogen-bond acceptors (Lipinski definition) is 1. The van der Waals surface area contributed by atoms with Crippen molar-refractivity contribution in [3.8, 4) is 0 Å². The average Bonchev–Trinajstić information content (AvgIpc) is 1.99. The van der Waals surface area contributed by atoms with Crippen molar-refractivity contribution in [3.63, 3.8) is 0 Å². The van der Waals surface area contributed by atoms with Crippen LogP contribution in [0, 0.1) is 0 Å². The van der Waals surface area contributed by atoms with Gasteiger partial charge in [-0.2, -0.15) is 0 Å². The molecular formula is C8H16NO. The van der Waals surface area contributed by atoms with E-state index in [4.69, 9.17) is 0 Å². The molecule has 59 valence electrons. The fourth-order valence-corrected chi connectivity index (χ4v) is 1.08. The van der Waals surface area contributed by atoms with Crippen LogP contribution >= 0.6 is 0 Å². The minimum Gasteiger partial charge on any atom is -0.335 e. The Labute approximate surface area is 63.2 Å². The molecule has 2 heteroatoms. The van der Waals surface area contributed by atoms with Crippen molar-refractivity contribution >= 4 is 6.41 Å². The molecule has 0 fully saturated rings. The van der Waals surface area contributed by atoms with Gasteiger partial charge in [0.15, 0.2) is 0 Å². The fourth-order valence-electron chi connectivity index (χ4n) is 1.08. The van der Waals surface area contributed by atoms with Crippen LogP contribution in [0.4, 0.5) is 0 Å². The molecule has 0 spiro atoms. The van der Waals surface area contributed by atoms with Gasteiger partial charge < -0.3 is 4.90 Å². The summed E-state index contributed by atoms with van der Waals surface area (Å²) >= 11 is 0. The van der Waals surface area contributed by atoms with Crippen LogP contribution in [0.5, 0.6) is 0 Å². The number of rotatable bonds is 5. The standard InChI is InChI=1S/C8H16NO/c1-4-6-8(5-2)9(3)7-10/h8H,4-6H2,1-3H3. The highest BCUT2D eigenvalue weighted by molar-refractivity contribution is 5.47. The Morgan fingerprint density at radius 2 is 2.10 bits per heavy atom. The quantitative estimate of drug-likeness (QED) is 0.533.